The average molecular weight is 251 g/mol. The predicted octanol–water partition coefficient (Wildman–Crippen LogP) is 2.72. The van der Waals surface area contributed by atoms with Crippen molar-refractivity contribution in [3.63, 3.8) is 0 Å². The molecule has 5 heteroatoms. The molecule has 2 atom stereocenters. The molecule has 0 heterocycles. The standard InChI is InChI=1S/C11H26NO3P/c1-7-11(15-16(6,13)14)8-12(9(2)3)10(4)5/h9-11H,7-8H2,1-6H3,(H,13,14). The molecule has 0 aliphatic rings. The van der Waals surface area contributed by atoms with Gasteiger partial charge in [-0.05, 0) is 34.1 Å². The monoisotopic (exact) mass is 251 g/mol. The van der Waals surface area contributed by atoms with Gasteiger partial charge in [-0.3, -0.25) is 9.46 Å². The lowest BCUT2D eigenvalue weighted by Crippen LogP contribution is -2.42. The van der Waals surface area contributed by atoms with Crippen LogP contribution in [-0.4, -0.2) is 41.2 Å². The van der Waals surface area contributed by atoms with E-state index in [2.05, 4.69) is 32.6 Å². The number of rotatable bonds is 7. The van der Waals surface area contributed by atoms with E-state index in [0.29, 0.717) is 18.6 Å². The summed E-state index contributed by atoms with van der Waals surface area (Å²) in [4.78, 5) is 11.5. The molecule has 0 radical (unpaired) electrons. The molecule has 16 heavy (non-hydrogen) atoms. The highest BCUT2D eigenvalue weighted by Crippen LogP contribution is 2.39. The average Bonchev–Trinajstić information content (AvgIpc) is 2.08. The Kier molecular flexibility index (Phi) is 6.80. The van der Waals surface area contributed by atoms with Gasteiger partial charge in [-0.25, -0.2) is 0 Å². The molecule has 0 bridgehead atoms. The van der Waals surface area contributed by atoms with E-state index in [1.54, 1.807) is 0 Å². The van der Waals surface area contributed by atoms with Crippen molar-refractivity contribution in [2.45, 2.75) is 59.2 Å². The van der Waals surface area contributed by atoms with Crippen LogP contribution in [0.5, 0.6) is 0 Å². The molecule has 0 amide bonds. The van der Waals surface area contributed by atoms with E-state index in [1.807, 2.05) is 6.92 Å². The molecule has 1 N–H and O–H groups in total. The molecule has 0 aliphatic carbocycles. The molecule has 0 aliphatic heterocycles. The Bertz CT molecular complexity index is 229. The molecule has 0 aromatic carbocycles. The van der Waals surface area contributed by atoms with Crippen molar-refractivity contribution in [3.8, 4) is 0 Å². The zero-order valence-corrected chi connectivity index (χ0v) is 12.2. The Morgan fingerprint density at radius 3 is 1.94 bits per heavy atom. The highest BCUT2D eigenvalue weighted by atomic mass is 31.2. The molecular weight excluding hydrogens is 225 g/mol. The van der Waals surface area contributed by atoms with Gasteiger partial charge in [0.05, 0.1) is 6.10 Å². The Morgan fingerprint density at radius 2 is 1.69 bits per heavy atom. The van der Waals surface area contributed by atoms with Crippen LogP contribution in [0.25, 0.3) is 0 Å². The summed E-state index contributed by atoms with van der Waals surface area (Å²) in [5.74, 6) is 0. The van der Waals surface area contributed by atoms with Gasteiger partial charge in [-0.2, -0.15) is 0 Å². The van der Waals surface area contributed by atoms with Crippen LogP contribution >= 0.6 is 7.60 Å². The van der Waals surface area contributed by atoms with Crippen molar-refractivity contribution >= 4 is 7.60 Å². The van der Waals surface area contributed by atoms with Gasteiger partial charge in [0, 0.05) is 25.3 Å². The van der Waals surface area contributed by atoms with Gasteiger partial charge in [0.25, 0.3) is 0 Å². The summed E-state index contributed by atoms with van der Waals surface area (Å²) < 4.78 is 16.4. The second kappa shape index (κ2) is 6.75. The minimum Gasteiger partial charge on any atom is -0.324 e. The Morgan fingerprint density at radius 1 is 1.25 bits per heavy atom. The maximum atomic E-state index is 11.2. The van der Waals surface area contributed by atoms with Gasteiger partial charge < -0.3 is 9.42 Å². The Hall–Kier alpha value is 0.110. The fourth-order valence-corrected chi connectivity index (χ4v) is 2.54. The normalized spacial score (nSPS) is 18.1. The number of nitrogens with zero attached hydrogens (tertiary/aromatic N) is 1. The highest BCUT2D eigenvalue weighted by Gasteiger charge is 2.23. The molecule has 0 aromatic rings. The maximum absolute atomic E-state index is 11.2. The van der Waals surface area contributed by atoms with Gasteiger partial charge in [-0.1, -0.05) is 6.92 Å². The molecule has 0 aromatic heterocycles. The van der Waals surface area contributed by atoms with Gasteiger partial charge in [-0.15, -0.1) is 0 Å². The molecule has 0 saturated heterocycles. The van der Waals surface area contributed by atoms with Gasteiger partial charge in [0.15, 0.2) is 0 Å². The molecular formula is C11H26NO3P. The van der Waals surface area contributed by atoms with E-state index < -0.39 is 7.60 Å². The van der Waals surface area contributed by atoms with Crippen LogP contribution in [-0.2, 0) is 9.09 Å². The van der Waals surface area contributed by atoms with Crippen LogP contribution in [0.3, 0.4) is 0 Å². The van der Waals surface area contributed by atoms with Crippen molar-refractivity contribution in [2.24, 2.45) is 0 Å². The lowest BCUT2D eigenvalue weighted by molar-refractivity contribution is 0.0813. The maximum Gasteiger partial charge on any atom is 0.325 e. The van der Waals surface area contributed by atoms with Gasteiger partial charge in [0.2, 0.25) is 0 Å². The fourth-order valence-electron chi connectivity index (χ4n) is 1.77. The van der Waals surface area contributed by atoms with Crippen LogP contribution in [0, 0.1) is 0 Å². The third-order valence-corrected chi connectivity index (χ3v) is 3.23. The van der Waals surface area contributed by atoms with Crippen molar-refractivity contribution in [3.05, 3.63) is 0 Å². The quantitative estimate of drug-likeness (QED) is 0.707. The van der Waals surface area contributed by atoms with E-state index in [9.17, 15) is 9.46 Å². The van der Waals surface area contributed by atoms with Crippen LogP contribution < -0.4 is 0 Å². The van der Waals surface area contributed by atoms with Crippen molar-refractivity contribution in [2.75, 3.05) is 13.2 Å². The van der Waals surface area contributed by atoms with E-state index in [4.69, 9.17) is 4.52 Å². The first kappa shape index (κ1) is 16.1. The van der Waals surface area contributed by atoms with Crippen molar-refractivity contribution in [1.29, 1.82) is 0 Å². The van der Waals surface area contributed by atoms with Gasteiger partial charge >= 0.3 is 7.60 Å². The fraction of sp³-hybridized carbons (Fsp3) is 1.00. The smallest absolute Gasteiger partial charge is 0.324 e. The molecule has 4 nitrogen and oxygen atoms in total. The van der Waals surface area contributed by atoms with E-state index in [-0.39, 0.29) is 6.10 Å². The second-order valence-corrected chi connectivity index (χ2v) is 6.64. The Labute approximate surface area is 99.5 Å². The number of hydrogen-bond donors (Lipinski definition) is 1. The molecule has 0 rings (SSSR count). The third-order valence-electron chi connectivity index (χ3n) is 2.54. The molecule has 98 valence electrons. The number of hydrogen-bond acceptors (Lipinski definition) is 3. The molecule has 0 saturated carbocycles. The second-order valence-electron chi connectivity index (χ2n) is 4.82. The molecule has 2 unspecified atom stereocenters. The minimum atomic E-state index is -3.38. The lowest BCUT2D eigenvalue weighted by atomic mass is 10.2. The summed E-state index contributed by atoms with van der Waals surface area (Å²) in [5.41, 5.74) is 0. The third kappa shape index (κ3) is 6.64. The van der Waals surface area contributed by atoms with Crippen molar-refractivity contribution in [1.82, 2.24) is 4.90 Å². The van der Waals surface area contributed by atoms with Crippen LogP contribution in [0.2, 0.25) is 0 Å². The topological polar surface area (TPSA) is 49.8 Å². The first-order valence-electron chi connectivity index (χ1n) is 5.91. The van der Waals surface area contributed by atoms with Crippen LogP contribution in [0.4, 0.5) is 0 Å². The highest BCUT2D eigenvalue weighted by molar-refractivity contribution is 7.51. The largest absolute Gasteiger partial charge is 0.325 e. The van der Waals surface area contributed by atoms with Gasteiger partial charge in [0.1, 0.15) is 0 Å². The first-order valence-corrected chi connectivity index (χ1v) is 7.94. The molecule has 0 spiro atoms. The summed E-state index contributed by atoms with van der Waals surface area (Å²) in [5, 5.41) is 0. The summed E-state index contributed by atoms with van der Waals surface area (Å²) in [6.07, 6.45) is 0.569. The molecule has 0 fully saturated rings. The summed E-state index contributed by atoms with van der Waals surface area (Å²) in [6, 6.07) is 0.820. The first-order chi connectivity index (χ1) is 7.17. The zero-order valence-electron chi connectivity index (χ0n) is 11.3. The van der Waals surface area contributed by atoms with E-state index in [1.165, 1.54) is 6.66 Å². The summed E-state index contributed by atoms with van der Waals surface area (Å²) in [7, 11) is -3.38. The lowest BCUT2D eigenvalue weighted by Gasteiger charge is -2.33. The Balaban J connectivity index is 4.44. The van der Waals surface area contributed by atoms with Crippen LogP contribution in [0.15, 0.2) is 0 Å². The zero-order chi connectivity index (χ0) is 12.9. The van der Waals surface area contributed by atoms with E-state index >= 15 is 0 Å². The van der Waals surface area contributed by atoms with Crippen molar-refractivity contribution < 1.29 is 14.0 Å². The SMILES string of the molecule is CCC(CN(C(C)C)C(C)C)OP(C)(=O)O. The van der Waals surface area contributed by atoms with Crippen LogP contribution in [0.1, 0.15) is 41.0 Å². The minimum absolute atomic E-state index is 0.175. The summed E-state index contributed by atoms with van der Waals surface area (Å²) in [6.45, 7) is 12.4. The summed E-state index contributed by atoms with van der Waals surface area (Å²) >= 11 is 0. The predicted molar refractivity (Wildman–Crippen MR) is 67.9 cm³/mol. The van der Waals surface area contributed by atoms with E-state index in [0.717, 1.165) is 6.42 Å².